The van der Waals surface area contributed by atoms with Gasteiger partial charge in [-0.1, -0.05) is 34.9 Å². The molecule has 0 saturated heterocycles. The minimum absolute atomic E-state index is 0.0832. The molecule has 1 atom stereocenters. The monoisotopic (exact) mass is 381 g/mol. The van der Waals surface area contributed by atoms with Crippen LogP contribution < -0.4 is 5.32 Å². The van der Waals surface area contributed by atoms with E-state index in [2.05, 4.69) is 51.2 Å². The van der Waals surface area contributed by atoms with E-state index in [1.807, 2.05) is 0 Å². The maximum atomic E-state index is 11.0. The number of aldehydes is 1. The van der Waals surface area contributed by atoms with Gasteiger partial charge in [-0.3, -0.25) is 9.59 Å². The highest BCUT2D eigenvalue weighted by atomic mass is 32.2. The number of rotatable bonds is 13. The predicted octanol–water partition coefficient (Wildman–Crippen LogP) is 3.91. The zero-order chi connectivity index (χ0) is 19.9. The SMILES string of the molecule is CC(C)=CCC/C(C)=C/CC/C(C)=C/CSC[C@H](NC(=O)C=O)C(=O)O. The molecule has 0 aliphatic carbocycles. The summed E-state index contributed by atoms with van der Waals surface area (Å²) in [5.41, 5.74) is 4.01. The molecule has 0 fully saturated rings. The Morgan fingerprint density at radius 3 is 2.12 bits per heavy atom. The molecule has 0 spiro atoms. The standard InChI is InChI=1S/C20H31NO4S/c1-15(2)7-5-8-16(3)9-6-10-17(4)11-12-26-14-18(20(24)25)21-19(23)13-22/h7,9,11,13,18H,5-6,8,10,12,14H2,1-4H3,(H,21,23)(H,24,25)/b16-9+,17-11+/t18-/m0/s1. The normalized spacial score (nSPS) is 13.1. The number of allylic oxidation sites excluding steroid dienone is 5. The van der Waals surface area contributed by atoms with Crippen LogP contribution in [0.2, 0.25) is 0 Å². The summed E-state index contributed by atoms with van der Waals surface area (Å²) in [6.07, 6.45) is 10.8. The summed E-state index contributed by atoms with van der Waals surface area (Å²) in [6, 6.07) is -1.04. The number of carbonyl (C=O) groups excluding carboxylic acids is 2. The van der Waals surface area contributed by atoms with Gasteiger partial charge in [0.25, 0.3) is 5.91 Å². The zero-order valence-corrected chi connectivity index (χ0v) is 17.0. The van der Waals surface area contributed by atoms with Crippen molar-refractivity contribution in [1.29, 1.82) is 0 Å². The molecule has 2 N–H and O–H groups in total. The molecular weight excluding hydrogens is 350 g/mol. The first-order chi connectivity index (χ1) is 12.3. The van der Waals surface area contributed by atoms with Crippen molar-refractivity contribution >= 4 is 29.9 Å². The fraction of sp³-hybridized carbons (Fsp3) is 0.550. The molecule has 6 heteroatoms. The second-order valence-corrected chi connectivity index (χ2v) is 7.59. The van der Waals surface area contributed by atoms with Crippen molar-refractivity contribution in [2.75, 3.05) is 11.5 Å². The number of nitrogens with one attached hydrogen (secondary N) is 1. The molecule has 26 heavy (non-hydrogen) atoms. The maximum absolute atomic E-state index is 11.0. The molecule has 146 valence electrons. The third-order valence-electron chi connectivity index (χ3n) is 3.68. The molecule has 0 aromatic carbocycles. The molecule has 0 aromatic rings. The van der Waals surface area contributed by atoms with Gasteiger partial charge in [0.1, 0.15) is 6.04 Å². The average Bonchev–Trinajstić information content (AvgIpc) is 2.56. The Morgan fingerprint density at radius 2 is 1.58 bits per heavy atom. The Bertz CT molecular complexity index is 560. The number of carbonyl (C=O) groups is 3. The van der Waals surface area contributed by atoms with Crippen LogP contribution in [-0.4, -0.2) is 40.8 Å². The Morgan fingerprint density at radius 1 is 1.00 bits per heavy atom. The van der Waals surface area contributed by atoms with Crippen molar-refractivity contribution in [2.24, 2.45) is 0 Å². The van der Waals surface area contributed by atoms with Gasteiger partial charge in [0.05, 0.1) is 0 Å². The lowest BCUT2D eigenvalue weighted by molar-refractivity contribution is -0.141. The molecule has 0 radical (unpaired) electrons. The zero-order valence-electron chi connectivity index (χ0n) is 16.2. The van der Waals surface area contributed by atoms with Gasteiger partial charge in [0.15, 0.2) is 0 Å². The summed E-state index contributed by atoms with van der Waals surface area (Å²) >= 11 is 1.41. The molecule has 0 heterocycles. The van der Waals surface area contributed by atoms with Crippen LogP contribution in [0.3, 0.4) is 0 Å². The smallest absolute Gasteiger partial charge is 0.327 e. The van der Waals surface area contributed by atoms with E-state index >= 15 is 0 Å². The highest BCUT2D eigenvalue weighted by Crippen LogP contribution is 2.13. The van der Waals surface area contributed by atoms with Gasteiger partial charge >= 0.3 is 5.97 Å². The molecule has 5 nitrogen and oxygen atoms in total. The van der Waals surface area contributed by atoms with Crippen LogP contribution in [0.15, 0.2) is 34.9 Å². The summed E-state index contributed by atoms with van der Waals surface area (Å²) < 4.78 is 0. The van der Waals surface area contributed by atoms with Crippen LogP contribution in [0.1, 0.15) is 53.4 Å². The van der Waals surface area contributed by atoms with Crippen molar-refractivity contribution in [3.05, 3.63) is 34.9 Å². The number of carboxylic acid groups (broad SMARTS) is 1. The Hall–Kier alpha value is -1.82. The lowest BCUT2D eigenvalue weighted by Gasteiger charge is -2.11. The van der Waals surface area contributed by atoms with Crippen molar-refractivity contribution in [3.8, 4) is 0 Å². The third-order valence-corrected chi connectivity index (χ3v) is 4.65. The first-order valence-electron chi connectivity index (χ1n) is 8.77. The Labute approximate surface area is 161 Å². The van der Waals surface area contributed by atoms with Gasteiger partial charge in [-0.05, 0) is 53.4 Å². The van der Waals surface area contributed by atoms with Crippen LogP contribution in [0.4, 0.5) is 0 Å². The molecule has 0 aliphatic heterocycles. The maximum Gasteiger partial charge on any atom is 0.327 e. The first-order valence-corrected chi connectivity index (χ1v) is 9.92. The summed E-state index contributed by atoms with van der Waals surface area (Å²) in [4.78, 5) is 32.3. The Balaban J connectivity index is 4.13. The van der Waals surface area contributed by atoms with E-state index in [1.165, 1.54) is 28.5 Å². The first kappa shape index (κ1) is 24.2. The van der Waals surface area contributed by atoms with Gasteiger partial charge in [-0.25, -0.2) is 4.79 Å². The van der Waals surface area contributed by atoms with Crippen molar-refractivity contribution < 1.29 is 19.5 Å². The average molecular weight is 382 g/mol. The lowest BCUT2D eigenvalue weighted by Crippen LogP contribution is -2.43. The molecule has 0 aliphatic rings. The van der Waals surface area contributed by atoms with Gasteiger partial charge in [0.2, 0.25) is 6.29 Å². The fourth-order valence-electron chi connectivity index (χ4n) is 2.11. The molecule has 0 unspecified atom stereocenters. The lowest BCUT2D eigenvalue weighted by atomic mass is 10.1. The molecule has 0 bridgehead atoms. The van der Waals surface area contributed by atoms with Crippen LogP contribution in [0, 0.1) is 0 Å². The number of carboxylic acids is 1. The highest BCUT2D eigenvalue weighted by Gasteiger charge is 2.18. The number of aliphatic carboxylic acids is 1. The topological polar surface area (TPSA) is 83.5 Å². The van der Waals surface area contributed by atoms with Crippen molar-refractivity contribution in [3.63, 3.8) is 0 Å². The van der Waals surface area contributed by atoms with Crippen molar-refractivity contribution in [1.82, 2.24) is 5.32 Å². The molecular formula is C20H31NO4S. The number of amides is 1. The van der Waals surface area contributed by atoms with E-state index < -0.39 is 17.9 Å². The Kier molecular flexibility index (Phi) is 13.4. The van der Waals surface area contributed by atoms with Crippen LogP contribution in [0.25, 0.3) is 0 Å². The second-order valence-electron chi connectivity index (χ2n) is 6.51. The summed E-state index contributed by atoms with van der Waals surface area (Å²) in [5, 5.41) is 11.2. The quantitative estimate of drug-likeness (QED) is 0.219. The van der Waals surface area contributed by atoms with Crippen LogP contribution in [-0.2, 0) is 14.4 Å². The molecule has 0 rings (SSSR count). The van der Waals surface area contributed by atoms with E-state index in [4.69, 9.17) is 5.11 Å². The van der Waals surface area contributed by atoms with E-state index in [0.29, 0.717) is 5.75 Å². The van der Waals surface area contributed by atoms with Crippen molar-refractivity contribution in [2.45, 2.75) is 59.4 Å². The third kappa shape index (κ3) is 13.5. The summed E-state index contributed by atoms with van der Waals surface area (Å²) in [5.74, 6) is -1.14. The van der Waals surface area contributed by atoms with Gasteiger partial charge in [-0.2, -0.15) is 11.8 Å². The van der Waals surface area contributed by atoms with Crippen LogP contribution >= 0.6 is 11.8 Å². The molecule has 0 aromatic heterocycles. The highest BCUT2D eigenvalue weighted by molar-refractivity contribution is 7.99. The number of hydrogen-bond acceptors (Lipinski definition) is 4. The van der Waals surface area contributed by atoms with Gasteiger partial charge in [-0.15, -0.1) is 0 Å². The van der Waals surface area contributed by atoms with Crippen LogP contribution in [0.5, 0.6) is 0 Å². The molecule has 0 saturated carbocycles. The van der Waals surface area contributed by atoms with E-state index in [9.17, 15) is 14.4 Å². The van der Waals surface area contributed by atoms with Gasteiger partial charge in [0, 0.05) is 11.5 Å². The summed E-state index contributed by atoms with van der Waals surface area (Å²) in [6.45, 7) is 8.45. The van der Waals surface area contributed by atoms with Gasteiger partial charge < -0.3 is 10.4 Å². The van der Waals surface area contributed by atoms with E-state index in [0.717, 1.165) is 25.7 Å². The largest absolute Gasteiger partial charge is 0.480 e. The van der Waals surface area contributed by atoms with E-state index in [-0.39, 0.29) is 12.0 Å². The number of hydrogen-bond donors (Lipinski definition) is 2. The minimum atomic E-state index is -1.14. The summed E-state index contributed by atoms with van der Waals surface area (Å²) in [7, 11) is 0. The fourth-order valence-corrected chi connectivity index (χ4v) is 3.11. The minimum Gasteiger partial charge on any atom is -0.480 e. The van der Waals surface area contributed by atoms with E-state index in [1.54, 1.807) is 0 Å². The second kappa shape index (κ2) is 14.4. The predicted molar refractivity (Wildman–Crippen MR) is 108 cm³/mol. The number of thioether (sulfide) groups is 1. The molecule has 1 amide bonds.